The summed E-state index contributed by atoms with van der Waals surface area (Å²) in [5.41, 5.74) is 0. The van der Waals surface area contributed by atoms with Crippen LogP contribution in [0.3, 0.4) is 0 Å². The van der Waals surface area contributed by atoms with E-state index < -0.39 is 0 Å². The van der Waals surface area contributed by atoms with Crippen LogP contribution in [0, 0.1) is 5.92 Å². The molecular formula is C15H31N3. The van der Waals surface area contributed by atoms with Crippen LogP contribution < -0.4 is 5.32 Å². The van der Waals surface area contributed by atoms with Gasteiger partial charge in [-0.05, 0) is 58.8 Å². The highest BCUT2D eigenvalue weighted by Crippen LogP contribution is 2.18. The van der Waals surface area contributed by atoms with Crippen LogP contribution in [-0.2, 0) is 0 Å². The fraction of sp³-hybridized carbons (Fsp3) is 1.00. The molecule has 1 saturated heterocycles. The summed E-state index contributed by atoms with van der Waals surface area (Å²) >= 11 is 0. The van der Waals surface area contributed by atoms with E-state index in [0.717, 1.165) is 12.0 Å². The van der Waals surface area contributed by atoms with Gasteiger partial charge in [0.15, 0.2) is 0 Å². The average Bonchev–Trinajstić information content (AvgIpc) is 2.85. The molecule has 0 spiro atoms. The van der Waals surface area contributed by atoms with Crippen LogP contribution in [0.15, 0.2) is 0 Å². The monoisotopic (exact) mass is 253 g/mol. The first-order valence-corrected chi connectivity index (χ1v) is 7.84. The number of likely N-dealkylation sites (tertiary alicyclic amines) is 1. The molecule has 1 aliphatic carbocycles. The zero-order valence-corrected chi connectivity index (χ0v) is 12.3. The molecule has 0 aromatic heterocycles. The zero-order chi connectivity index (χ0) is 12.8. The minimum atomic E-state index is 0.821. The van der Waals surface area contributed by atoms with E-state index in [1.54, 1.807) is 0 Å². The fourth-order valence-electron chi connectivity index (χ4n) is 3.37. The van der Waals surface area contributed by atoms with E-state index in [1.165, 1.54) is 71.2 Å². The van der Waals surface area contributed by atoms with Gasteiger partial charge >= 0.3 is 0 Å². The van der Waals surface area contributed by atoms with Crippen molar-refractivity contribution >= 4 is 0 Å². The van der Waals surface area contributed by atoms with Gasteiger partial charge in [-0.1, -0.05) is 12.8 Å². The molecule has 0 radical (unpaired) electrons. The molecule has 0 bridgehead atoms. The van der Waals surface area contributed by atoms with Crippen LogP contribution in [0.1, 0.15) is 38.5 Å². The highest BCUT2D eigenvalue weighted by molar-refractivity contribution is 4.75. The summed E-state index contributed by atoms with van der Waals surface area (Å²) in [4.78, 5) is 4.98. The smallest absolute Gasteiger partial charge is 0.0104 e. The summed E-state index contributed by atoms with van der Waals surface area (Å²) in [6.45, 7) is 6.26. The van der Waals surface area contributed by atoms with Crippen molar-refractivity contribution in [2.24, 2.45) is 5.92 Å². The van der Waals surface area contributed by atoms with E-state index in [4.69, 9.17) is 0 Å². The van der Waals surface area contributed by atoms with Gasteiger partial charge in [-0.3, -0.25) is 0 Å². The molecule has 2 rings (SSSR count). The quantitative estimate of drug-likeness (QED) is 0.778. The molecule has 2 fully saturated rings. The van der Waals surface area contributed by atoms with Gasteiger partial charge in [0.25, 0.3) is 0 Å². The molecule has 2 aliphatic rings. The topological polar surface area (TPSA) is 18.5 Å². The fourth-order valence-corrected chi connectivity index (χ4v) is 3.37. The van der Waals surface area contributed by atoms with Crippen LogP contribution in [0.2, 0.25) is 0 Å². The van der Waals surface area contributed by atoms with Crippen molar-refractivity contribution in [3.8, 4) is 0 Å². The summed E-state index contributed by atoms with van der Waals surface area (Å²) < 4.78 is 0. The Hall–Kier alpha value is -0.120. The van der Waals surface area contributed by atoms with E-state index in [0.29, 0.717) is 0 Å². The minimum Gasteiger partial charge on any atom is -0.313 e. The SMILES string of the molecule is CN1CCC(CN(C)CCNC2CCCC2)CC1. The summed E-state index contributed by atoms with van der Waals surface area (Å²) in [6.07, 6.45) is 8.44. The average molecular weight is 253 g/mol. The molecule has 1 heterocycles. The third-order valence-electron chi connectivity index (χ3n) is 4.69. The van der Waals surface area contributed by atoms with Gasteiger partial charge in [-0.25, -0.2) is 0 Å². The van der Waals surface area contributed by atoms with Gasteiger partial charge in [-0.15, -0.1) is 0 Å². The lowest BCUT2D eigenvalue weighted by Crippen LogP contribution is -2.39. The Morgan fingerprint density at radius 3 is 2.44 bits per heavy atom. The van der Waals surface area contributed by atoms with E-state index in [1.807, 2.05) is 0 Å². The number of hydrogen-bond acceptors (Lipinski definition) is 3. The van der Waals surface area contributed by atoms with Crippen molar-refractivity contribution in [2.75, 3.05) is 46.8 Å². The summed E-state index contributed by atoms with van der Waals surface area (Å²) in [5.74, 6) is 0.928. The number of piperidine rings is 1. The van der Waals surface area contributed by atoms with Crippen molar-refractivity contribution in [1.82, 2.24) is 15.1 Å². The highest BCUT2D eigenvalue weighted by Gasteiger charge is 2.18. The normalized spacial score (nSPS) is 24.2. The molecule has 1 N–H and O–H groups in total. The van der Waals surface area contributed by atoms with Crippen molar-refractivity contribution in [3.05, 3.63) is 0 Å². The Labute approximate surface area is 113 Å². The summed E-state index contributed by atoms with van der Waals surface area (Å²) in [5, 5.41) is 3.71. The first-order chi connectivity index (χ1) is 8.74. The van der Waals surface area contributed by atoms with Gasteiger partial charge in [0, 0.05) is 25.7 Å². The molecule has 3 nitrogen and oxygen atoms in total. The van der Waals surface area contributed by atoms with Crippen LogP contribution in [0.25, 0.3) is 0 Å². The molecular weight excluding hydrogens is 222 g/mol. The maximum Gasteiger partial charge on any atom is 0.0104 e. The molecule has 106 valence electrons. The molecule has 1 aliphatic heterocycles. The number of likely N-dealkylation sites (N-methyl/N-ethyl adjacent to an activating group) is 1. The molecule has 18 heavy (non-hydrogen) atoms. The number of hydrogen-bond donors (Lipinski definition) is 1. The summed E-state index contributed by atoms with van der Waals surface area (Å²) in [7, 11) is 4.53. The van der Waals surface area contributed by atoms with E-state index in [2.05, 4.69) is 29.2 Å². The highest BCUT2D eigenvalue weighted by atomic mass is 15.1. The first-order valence-electron chi connectivity index (χ1n) is 7.84. The third kappa shape index (κ3) is 4.87. The number of nitrogens with one attached hydrogen (secondary N) is 1. The van der Waals surface area contributed by atoms with Gasteiger partial charge in [0.05, 0.1) is 0 Å². The van der Waals surface area contributed by atoms with Crippen LogP contribution in [0.5, 0.6) is 0 Å². The van der Waals surface area contributed by atoms with E-state index in [9.17, 15) is 0 Å². The van der Waals surface area contributed by atoms with Crippen LogP contribution in [0.4, 0.5) is 0 Å². The molecule has 0 unspecified atom stereocenters. The number of nitrogens with zero attached hydrogens (tertiary/aromatic N) is 2. The third-order valence-corrected chi connectivity index (χ3v) is 4.69. The van der Waals surface area contributed by atoms with Gasteiger partial charge in [0.2, 0.25) is 0 Å². The molecule has 0 amide bonds. The van der Waals surface area contributed by atoms with Crippen molar-refractivity contribution < 1.29 is 0 Å². The van der Waals surface area contributed by atoms with E-state index in [-0.39, 0.29) is 0 Å². The Morgan fingerprint density at radius 1 is 1.11 bits per heavy atom. The Bertz CT molecular complexity index is 218. The molecule has 0 aromatic rings. The first kappa shape index (κ1) is 14.3. The lowest BCUT2D eigenvalue weighted by molar-refractivity contribution is 0.176. The second-order valence-corrected chi connectivity index (χ2v) is 6.44. The molecule has 1 saturated carbocycles. The Balaban J connectivity index is 1.52. The zero-order valence-electron chi connectivity index (χ0n) is 12.3. The predicted molar refractivity (Wildman–Crippen MR) is 78.0 cm³/mol. The lowest BCUT2D eigenvalue weighted by Gasteiger charge is -2.31. The second-order valence-electron chi connectivity index (χ2n) is 6.44. The second kappa shape index (κ2) is 7.46. The lowest BCUT2D eigenvalue weighted by atomic mass is 9.97. The molecule has 0 atom stereocenters. The number of rotatable bonds is 6. The molecule has 3 heteroatoms. The minimum absolute atomic E-state index is 0.821. The van der Waals surface area contributed by atoms with Crippen LogP contribution in [-0.4, -0.2) is 62.7 Å². The summed E-state index contributed by atoms with van der Waals surface area (Å²) in [6, 6.07) is 0.821. The maximum atomic E-state index is 3.71. The molecule has 0 aromatic carbocycles. The Morgan fingerprint density at radius 2 is 1.78 bits per heavy atom. The van der Waals surface area contributed by atoms with Gasteiger partial charge in [-0.2, -0.15) is 0 Å². The van der Waals surface area contributed by atoms with E-state index >= 15 is 0 Å². The van der Waals surface area contributed by atoms with Gasteiger partial charge < -0.3 is 15.1 Å². The standard InChI is InChI=1S/C15H31N3/c1-17-10-7-14(8-11-17)13-18(2)12-9-16-15-5-3-4-6-15/h14-16H,3-13H2,1-2H3. The maximum absolute atomic E-state index is 3.71. The van der Waals surface area contributed by atoms with Crippen LogP contribution >= 0.6 is 0 Å². The Kier molecular flexibility index (Phi) is 5.93. The van der Waals surface area contributed by atoms with Gasteiger partial charge in [0.1, 0.15) is 0 Å². The predicted octanol–water partition coefficient (Wildman–Crippen LogP) is 1.79. The van der Waals surface area contributed by atoms with Crippen molar-refractivity contribution in [2.45, 2.75) is 44.6 Å². The van der Waals surface area contributed by atoms with Crippen molar-refractivity contribution in [1.29, 1.82) is 0 Å². The van der Waals surface area contributed by atoms with Crippen molar-refractivity contribution in [3.63, 3.8) is 0 Å². The largest absolute Gasteiger partial charge is 0.313 e.